The molecule has 1 saturated heterocycles. The minimum Gasteiger partial charge on any atom is -0.328 e. The van der Waals surface area contributed by atoms with Gasteiger partial charge in [-0.1, -0.05) is 12.1 Å². The summed E-state index contributed by atoms with van der Waals surface area (Å²) in [4.78, 5) is 21.2. The number of nitrogens with zero attached hydrogens (tertiary/aromatic N) is 5. The first-order valence-corrected chi connectivity index (χ1v) is 10.8. The summed E-state index contributed by atoms with van der Waals surface area (Å²) in [5.41, 5.74) is 1.84. The van der Waals surface area contributed by atoms with Crippen LogP contribution in [0.4, 0.5) is 4.39 Å². The second-order valence-corrected chi connectivity index (χ2v) is 8.61. The van der Waals surface area contributed by atoms with E-state index in [1.54, 1.807) is 12.1 Å². The van der Waals surface area contributed by atoms with Gasteiger partial charge < -0.3 is 4.90 Å². The van der Waals surface area contributed by atoms with E-state index >= 15 is 0 Å². The number of piperidine rings is 1. The van der Waals surface area contributed by atoms with Gasteiger partial charge in [0.2, 0.25) is 0 Å². The molecule has 0 saturated carbocycles. The maximum absolute atomic E-state index is 13.4. The summed E-state index contributed by atoms with van der Waals surface area (Å²) in [6, 6.07) is 8.29. The topological polar surface area (TPSA) is 79.7 Å². The average Bonchev–Trinajstić information content (AvgIpc) is 3.49. The summed E-state index contributed by atoms with van der Waals surface area (Å²) in [5, 5.41) is 12.5. The number of thiophene rings is 1. The van der Waals surface area contributed by atoms with Gasteiger partial charge >= 0.3 is 0 Å². The van der Waals surface area contributed by atoms with Gasteiger partial charge in [-0.15, -0.1) is 11.3 Å². The van der Waals surface area contributed by atoms with Crippen LogP contribution in [0.3, 0.4) is 0 Å². The van der Waals surface area contributed by atoms with Crippen molar-refractivity contribution in [3.63, 3.8) is 0 Å². The maximum atomic E-state index is 13.4. The number of H-pyrrole nitrogens is 1. The van der Waals surface area contributed by atoms with E-state index in [1.165, 1.54) is 29.8 Å². The third-order valence-corrected chi connectivity index (χ3v) is 6.71. The Bertz CT molecular complexity index is 1180. The van der Waals surface area contributed by atoms with Crippen LogP contribution >= 0.6 is 11.3 Å². The molecule has 0 aliphatic carbocycles. The molecule has 4 heterocycles. The molecule has 7 nitrogen and oxygen atoms in total. The molecular formula is C21H21FN6OS. The number of hydrogen-bond donors (Lipinski definition) is 1. The quantitative estimate of drug-likeness (QED) is 0.535. The van der Waals surface area contributed by atoms with E-state index in [4.69, 9.17) is 0 Å². The number of aromatic nitrogens is 5. The second-order valence-electron chi connectivity index (χ2n) is 7.58. The Morgan fingerprint density at radius 3 is 2.90 bits per heavy atom. The molecule has 1 aromatic carbocycles. The van der Waals surface area contributed by atoms with E-state index < -0.39 is 0 Å². The molecule has 4 aromatic rings. The minimum absolute atomic E-state index is 0.0185. The van der Waals surface area contributed by atoms with Crippen LogP contribution in [0.2, 0.25) is 0 Å². The number of nitrogens with one attached hydrogen (secondary N) is 1. The van der Waals surface area contributed by atoms with E-state index in [0.717, 1.165) is 46.6 Å². The van der Waals surface area contributed by atoms with Gasteiger partial charge in [-0.05, 0) is 49.9 Å². The molecule has 0 spiro atoms. The van der Waals surface area contributed by atoms with Crippen molar-refractivity contribution in [1.29, 1.82) is 0 Å². The van der Waals surface area contributed by atoms with Crippen molar-refractivity contribution in [2.24, 2.45) is 0 Å². The zero-order chi connectivity index (χ0) is 20.7. The molecule has 3 aromatic heterocycles. The largest absolute Gasteiger partial charge is 0.328 e. The molecule has 1 aliphatic heterocycles. The number of benzene rings is 1. The summed E-state index contributed by atoms with van der Waals surface area (Å²) in [7, 11) is 0. The Morgan fingerprint density at radius 2 is 2.13 bits per heavy atom. The summed E-state index contributed by atoms with van der Waals surface area (Å²) >= 11 is 1.46. The predicted octanol–water partition coefficient (Wildman–Crippen LogP) is 4.08. The first kappa shape index (κ1) is 18.9. The van der Waals surface area contributed by atoms with Crippen LogP contribution in [0.1, 0.15) is 52.1 Å². The van der Waals surface area contributed by atoms with Crippen LogP contribution in [-0.4, -0.2) is 42.3 Å². The van der Waals surface area contributed by atoms with Gasteiger partial charge in [-0.25, -0.2) is 9.37 Å². The van der Waals surface area contributed by atoms with Crippen molar-refractivity contribution >= 4 is 27.5 Å². The summed E-state index contributed by atoms with van der Waals surface area (Å²) < 4.78 is 15.1. The predicted molar refractivity (Wildman–Crippen MR) is 112 cm³/mol. The van der Waals surface area contributed by atoms with E-state index in [0.29, 0.717) is 18.0 Å². The second kappa shape index (κ2) is 7.64. The van der Waals surface area contributed by atoms with Crippen molar-refractivity contribution in [2.75, 3.05) is 6.54 Å². The summed E-state index contributed by atoms with van der Waals surface area (Å²) in [6.07, 6.45) is 4.41. The highest BCUT2D eigenvalue weighted by Crippen LogP contribution is 2.34. The Kier molecular flexibility index (Phi) is 4.82. The van der Waals surface area contributed by atoms with Gasteiger partial charge in [0.05, 0.1) is 23.2 Å². The smallest absolute Gasteiger partial charge is 0.264 e. The molecule has 30 heavy (non-hydrogen) atoms. The fourth-order valence-corrected chi connectivity index (χ4v) is 5.18. The molecule has 0 bridgehead atoms. The van der Waals surface area contributed by atoms with Crippen LogP contribution in [0.15, 0.2) is 36.7 Å². The van der Waals surface area contributed by atoms with E-state index in [9.17, 15) is 9.18 Å². The number of fused-ring (bicyclic) bond motifs is 1. The number of likely N-dealkylation sites (tertiary alicyclic amines) is 1. The van der Waals surface area contributed by atoms with Crippen LogP contribution in [-0.2, 0) is 6.54 Å². The SMILES string of the molecule is Cc1nn(Cc2ccc(F)cc2)c2sc(C(=O)N3CCCC[C@H]3c3ncn[nH]3)cc12. The van der Waals surface area contributed by atoms with Crippen molar-refractivity contribution in [3.8, 4) is 0 Å². The molecule has 5 rings (SSSR count). The summed E-state index contributed by atoms with van der Waals surface area (Å²) in [5.74, 6) is 0.500. The van der Waals surface area contributed by atoms with Gasteiger partial charge in [-0.2, -0.15) is 10.2 Å². The lowest BCUT2D eigenvalue weighted by molar-refractivity contribution is 0.0605. The molecule has 1 atom stereocenters. The van der Waals surface area contributed by atoms with Gasteiger partial charge in [0.25, 0.3) is 5.91 Å². The standard InChI is InChI=1S/C21H21FN6OS/c1-13-16-10-18(20(29)27-9-3-2-4-17(27)19-23-12-24-25-19)30-21(16)28(26-13)11-14-5-7-15(22)8-6-14/h5-8,10,12,17H,2-4,9,11H2,1H3,(H,23,24,25)/t17-/m0/s1. The van der Waals surface area contributed by atoms with Crippen LogP contribution < -0.4 is 0 Å². The van der Waals surface area contributed by atoms with Crippen LogP contribution in [0, 0.1) is 12.7 Å². The van der Waals surface area contributed by atoms with Crippen molar-refractivity contribution < 1.29 is 9.18 Å². The number of carbonyl (C=O) groups is 1. The highest BCUT2D eigenvalue weighted by molar-refractivity contribution is 7.20. The molecule has 9 heteroatoms. The van der Waals surface area contributed by atoms with Gasteiger partial charge in [0.15, 0.2) is 0 Å². The fraction of sp³-hybridized carbons (Fsp3) is 0.333. The van der Waals surface area contributed by atoms with Crippen LogP contribution in [0.5, 0.6) is 0 Å². The van der Waals surface area contributed by atoms with Gasteiger partial charge in [0, 0.05) is 11.9 Å². The Labute approximate surface area is 176 Å². The third kappa shape index (κ3) is 3.39. The van der Waals surface area contributed by atoms with Crippen LogP contribution in [0.25, 0.3) is 10.2 Å². The molecule has 1 fully saturated rings. The number of carbonyl (C=O) groups excluding carboxylic acids is 1. The Morgan fingerprint density at radius 1 is 1.30 bits per heavy atom. The lowest BCUT2D eigenvalue weighted by atomic mass is 10.0. The lowest BCUT2D eigenvalue weighted by Gasteiger charge is -2.34. The molecule has 0 unspecified atom stereocenters. The zero-order valence-electron chi connectivity index (χ0n) is 16.5. The van der Waals surface area contributed by atoms with E-state index in [2.05, 4.69) is 20.3 Å². The number of hydrogen-bond acceptors (Lipinski definition) is 5. The number of rotatable bonds is 4. The van der Waals surface area contributed by atoms with E-state index in [1.807, 2.05) is 22.6 Å². The number of amides is 1. The number of aryl methyl sites for hydroxylation is 1. The Hall–Kier alpha value is -3.07. The first-order valence-electron chi connectivity index (χ1n) is 9.98. The molecule has 0 radical (unpaired) electrons. The summed E-state index contributed by atoms with van der Waals surface area (Å²) in [6.45, 7) is 3.19. The maximum Gasteiger partial charge on any atom is 0.264 e. The van der Waals surface area contributed by atoms with E-state index in [-0.39, 0.29) is 17.8 Å². The third-order valence-electron chi connectivity index (χ3n) is 5.58. The van der Waals surface area contributed by atoms with Crippen molar-refractivity contribution in [2.45, 2.75) is 38.8 Å². The highest BCUT2D eigenvalue weighted by Gasteiger charge is 2.31. The van der Waals surface area contributed by atoms with Crippen molar-refractivity contribution in [3.05, 3.63) is 64.4 Å². The number of halogens is 1. The minimum atomic E-state index is -0.257. The number of aromatic amines is 1. The Balaban J connectivity index is 1.45. The van der Waals surface area contributed by atoms with Gasteiger partial charge in [-0.3, -0.25) is 14.6 Å². The zero-order valence-corrected chi connectivity index (χ0v) is 17.3. The monoisotopic (exact) mass is 424 g/mol. The molecule has 1 N–H and O–H groups in total. The molecular weight excluding hydrogens is 403 g/mol. The normalized spacial score (nSPS) is 17.0. The lowest BCUT2D eigenvalue weighted by Crippen LogP contribution is -2.38. The average molecular weight is 425 g/mol. The fourth-order valence-electron chi connectivity index (χ4n) is 4.06. The van der Waals surface area contributed by atoms with Crippen molar-refractivity contribution in [1.82, 2.24) is 29.9 Å². The molecule has 1 aliphatic rings. The molecule has 1 amide bonds. The first-order chi connectivity index (χ1) is 14.6. The van der Waals surface area contributed by atoms with Gasteiger partial charge in [0.1, 0.15) is 22.8 Å². The molecule has 154 valence electrons. The highest BCUT2D eigenvalue weighted by atomic mass is 32.1.